The summed E-state index contributed by atoms with van der Waals surface area (Å²) >= 11 is 0. The third-order valence-corrected chi connectivity index (χ3v) is 2.59. The number of hydrogen-bond acceptors (Lipinski definition) is 5. The van der Waals surface area contributed by atoms with Crippen molar-refractivity contribution in [2.45, 2.75) is 51.6 Å². The highest BCUT2D eigenvalue weighted by Gasteiger charge is 2.36. The number of hydrogen-bond donors (Lipinski definition) is 1. The summed E-state index contributed by atoms with van der Waals surface area (Å²) in [4.78, 5) is 11.0. The van der Waals surface area contributed by atoms with Gasteiger partial charge in [-0.1, -0.05) is 12.2 Å². The average Bonchev–Trinajstić information content (AvgIpc) is 2.65. The molecule has 0 aromatic rings. The molecule has 0 spiro atoms. The molecule has 1 N–H and O–H groups in total. The van der Waals surface area contributed by atoms with Gasteiger partial charge in [-0.2, -0.15) is 0 Å². The maximum Gasteiger partial charge on any atom is 0.309 e. The van der Waals surface area contributed by atoms with Crippen LogP contribution >= 0.6 is 0 Å². The van der Waals surface area contributed by atoms with E-state index in [1.807, 2.05) is 13.8 Å². The molecule has 1 aliphatic rings. The van der Waals surface area contributed by atoms with Gasteiger partial charge in [-0.15, -0.1) is 0 Å². The SMILES string of the molecule is CCOC(=O)C/C=C\C[C@@H](O)[C@H]1COC(C)(C)O1. The molecule has 0 aromatic heterocycles. The fraction of sp³-hybridized carbons (Fsp3) is 0.769. The lowest BCUT2D eigenvalue weighted by molar-refractivity contribution is -0.150. The third kappa shape index (κ3) is 5.16. The first-order valence-corrected chi connectivity index (χ1v) is 6.25. The van der Waals surface area contributed by atoms with E-state index in [1.54, 1.807) is 19.1 Å². The molecule has 1 heterocycles. The standard InChI is InChI=1S/C13H22O5/c1-4-16-12(15)8-6-5-7-10(14)11-9-17-13(2,3)18-11/h5-6,10-11,14H,4,7-9H2,1-3H3/b6-5-/t10-,11-/m1/s1. The summed E-state index contributed by atoms with van der Waals surface area (Å²) in [5.41, 5.74) is 0. The summed E-state index contributed by atoms with van der Waals surface area (Å²) in [6.45, 7) is 6.18. The van der Waals surface area contributed by atoms with Crippen LogP contribution in [0.3, 0.4) is 0 Å². The highest BCUT2D eigenvalue weighted by atomic mass is 16.7. The van der Waals surface area contributed by atoms with Gasteiger partial charge >= 0.3 is 5.97 Å². The molecule has 0 radical (unpaired) electrons. The Morgan fingerprint density at radius 2 is 2.28 bits per heavy atom. The molecule has 0 bridgehead atoms. The van der Waals surface area contributed by atoms with E-state index in [0.717, 1.165) is 0 Å². The van der Waals surface area contributed by atoms with Crippen molar-refractivity contribution in [1.82, 2.24) is 0 Å². The van der Waals surface area contributed by atoms with Crippen molar-refractivity contribution < 1.29 is 24.1 Å². The number of ether oxygens (including phenoxy) is 3. The molecular formula is C13H22O5. The van der Waals surface area contributed by atoms with Crippen LogP contribution in [0.4, 0.5) is 0 Å². The lowest BCUT2D eigenvalue weighted by Crippen LogP contribution is -2.30. The quantitative estimate of drug-likeness (QED) is 0.576. The lowest BCUT2D eigenvalue weighted by atomic mass is 10.1. The minimum atomic E-state index is -0.625. The van der Waals surface area contributed by atoms with Gasteiger partial charge in [-0.25, -0.2) is 0 Å². The fourth-order valence-corrected chi connectivity index (χ4v) is 1.69. The first-order valence-electron chi connectivity index (χ1n) is 6.25. The number of rotatable bonds is 6. The molecule has 5 nitrogen and oxygen atoms in total. The number of carbonyl (C=O) groups excluding carboxylic acids is 1. The molecule has 0 aliphatic carbocycles. The Labute approximate surface area is 108 Å². The number of aliphatic hydroxyl groups excluding tert-OH is 1. The van der Waals surface area contributed by atoms with E-state index in [9.17, 15) is 9.90 Å². The summed E-state index contributed by atoms with van der Waals surface area (Å²) in [6.07, 6.45) is 3.19. The topological polar surface area (TPSA) is 65.0 Å². The van der Waals surface area contributed by atoms with Crippen molar-refractivity contribution in [2.75, 3.05) is 13.2 Å². The molecule has 5 heteroatoms. The smallest absolute Gasteiger partial charge is 0.309 e. The van der Waals surface area contributed by atoms with Crippen molar-refractivity contribution >= 4 is 5.97 Å². The zero-order valence-electron chi connectivity index (χ0n) is 11.2. The first kappa shape index (κ1) is 15.1. The minimum Gasteiger partial charge on any atom is -0.466 e. The highest BCUT2D eigenvalue weighted by Crippen LogP contribution is 2.25. The molecule has 104 valence electrons. The van der Waals surface area contributed by atoms with Crippen LogP contribution in [0.2, 0.25) is 0 Å². The van der Waals surface area contributed by atoms with Crippen LogP contribution < -0.4 is 0 Å². The largest absolute Gasteiger partial charge is 0.466 e. The second kappa shape index (κ2) is 6.87. The number of carbonyl (C=O) groups is 1. The zero-order chi connectivity index (χ0) is 13.6. The van der Waals surface area contributed by atoms with Gasteiger partial charge in [0, 0.05) is 0 Å². The Morgan fingerprint density at radius 3 is 2.83 bits per heavy atom. The normalized spacial score (nSPS) is 24.3. The molecule has 1 saturated heterocycles. The van der Waals surface area contributed by atoms with Gasteiger partial charge in [-0.05, 0) is 27.2 Å². The van der Waals surface area contributed by atoms with E-state index in [1.165, 1.54) is 0 Å². The molecule has 0 amide bonds. The van der Waals surface area contributed by atoms with Crippen LogP contribution in [0.5, 0.6) is 0 Å². The Bertz CT molecular complexity index is 298. The van der Waals surface area contributed by atoms with Crippen molar-refractivity contribution in [3.8, 4) is 0 Å². The molecule has 2 atom stereocenters. The minimum absolute atomic E-state index is 0.230. The molecule has 1 rings (SSSR count). The van der Waals surface area contributed by atoms with Crippen molar-refractivity contribution in [3.05, 3.63) is 12.2 Å². The van der Waals surface area contributed by atoms with E-state index in [0.29, 0.717) is 19.6 Å². The van der Waals surface area contributed by atoms with E-state index < -0.39 is 11.9 Å². The molecule has 18 heavy (non-hydrogen) atoms. The predicted molar refractivity (Wildman–Crippen MR) is 65.9 cm³/mol. The van der Waals surface area contributed by atoms with E-state index in [-0.39, 0.29) is 18.5 Å². The highest BCUT2D eigenvalue weighted by molar-refractivity contribution is 5.71. The second-order valence-corrected chi connectivity index (χ2v) is 4.65. The lowest BCUT2D eigenvalue weighted by Gasteiger charge is -2.19. The number of aliphatic hydroxyl groups is 1. The van der Waals surface area contributed by atoms with Crippen LogP contribution in [-0.4, -0.2) is 42.3 Å². The second-order valence-electron chi connectivity index (χ2n) is 4.65. The molecule has 0 aromatic carbocycles. The van der Waals surface area contributed by atoms with E-state index in [4.69, 9.17) is 14.2 Å². The van der Waals surface area contributed by atoms with Crippen molar-refractivity contribution in [2.24, 2.45) is 0 Å². The molecule has 1 fully saturated rings. The molecule has 0 saturated carbocycles. The van der Waals surface area contributed by atoms with Crippen LogP contribution in [0.15, 0.2) is 12.2 Å². The Morgan fingerprint density at radius 1 is 1.56 bits per heavy atom. The van der Waals surface area contributed by atoms with E-state index in [2.05, 4.69) is 0 Å². The maximum atomic E-state index is 11.0. The Hall–Kier alpha value is -0.910. The van der Waals surface area contributed by atoms with Crippen molar-refractivity contribution in [1.29, 1.82) is 0 Å². The van der Waals surface area contributed by atoms with Gasteiger partial charge in [0.25, 0.3) is 0 Å². The maximum absolute atomic E-state index is 11.0. The first-order chi connectivity index (χ1) is 8.44. The van der Waals surface area contributed by atoms with Crippen molar-refractivity contribution in [3.63, 3.8) is 0 Å². The summed E-state index contributed by atoms with van der Waals surface area (Å²) in [5, 5.41) is 9.88. The Kier molecular flexibility index (Phi) is 5.78. The molecule has 0 unspecified atom stereocenters. The van der Waals surface area contributed by atoms with Crippen LogP contribution in [0.1, 0.15) is 33.6 Å². The van der Waals surface area contributed by atoms with Crippen LogP contribution in [0, 0.1) is 0 Å². The fourth-order valence-electron chi connectivity index (χ4n) is 1.69. The summed E-state index contributed by atoms with van der Waals surface area (Å²) in [5.74, 6) is -0.884. The van der Waals surface area contributed by atoms with Gasteiger partial charge in [0.1, 0.15) is 6.10 Å². The summed E-state index contributed by atoms with van der Waals surface area (Å²) in [7, 11) is 0. The van der Waals surface area contributed by atoms with Gasteiger partial charge in [0.05, 0.1) is 25.7 Å². The van der Waals surface area contributed by atoms with E-state index >= 15 is 0 Å². The van der Waals surface area contributed by atoms with Gasteiger partial charge in [-0.3, -0.25) is 4.79 Å². The van der Waals surface area contributed by atoms with Gasteiger partial charge < -0.3 is 19.3 Å². The summed E-state index contributed by atoms with van der Waals surface area (Å²) < 4.78 is 15.7. The molecular weight excluding hydrogens is 236 g/mol. The Balaban J connectivity index is 2.23. The van der Waals surface area contributed by atoms with Crippen LogP contribution in [0.25, 0.3) is 0 Å². The van der Waals surface area contributed by atoms with Crippen LogP contribution in [-0.2, 0) is 19.0 Å². The number of esters is 1. The summed E-state index contributed by atoms with van der Waals surface area (Å²) in [6, 6.07) is 0. The van der Waals surface area contributed by atoms with Gasteiger partial charge in [0.2, 0.25) is 0 Å². The monoisotopic (exact) mass is 258 g/mol. The average molecular weight is 258 g/mol. The zero-order valence-corrected chi connectivity index (χ0v) is 11.2. The molecule has 1 aliphatic heterocycles. The predicted octanol–water partition coefficient (Wildman–Crippen LogP) is 1.40. The van der Waals surface area contributed by atoms with Gasteiger partial charge in [0.15, 0.2) is 5.79 Å². The third-order valence-electron chi connectivity index (χ3n) is 2.59.